The van der Waals surface area contributed by atoms with Crippen LogP contribution in [0.15, 0.2) is 22.8 Å². The summed E-state index contributed by atoms with van der Waals surface area (Å²) in [6, 6.07) is 5.83. The van der Waals surface area contributed by atoms with Gasteiger partial charge in [0.2, 0.25) is 0 Å². The van der Waals surface area contributed by atoms with Gasteiger partial charge in [-0.15, -0.1) is 0 Å². The molecular weight excluding hydrogens is 306 g/mol. The van der Waals surface area contributed by atoms with Gasteiger partial charge in [0, 0.05) is 10.7 Å². The van der Waals surface area contributed by atoms with Gasteiger partial charge in [0.25, 0.3) is 5.91 Å². The lowest BCUT2D eigenvalue weighted by Crippen LogP contribution is -2.47. The molecule has 100 valence electrons. The summed E-state index contributed by atoms with van der Waals surface area (Å²) < 4.78 is 0.647. The van der Waals surface area contributed by atoms with Gasteiger partial charge < -0.3 is 5.32 Å². The molecule has 1 saturated carbocycles. The Kier molecular flexibility index (Phi) is 4.54. The maximum Gasteiger partial charge on any atom is 0.272 e. The summed E-state index contributed by atoms with van der Waals surface area (Å²) in [5.74, 6) is -0.282. The minimum absolute atomic E-state index is 0.282. The first-order valence-electron chi connectivity index (χ1n) is 6.51. The van der Waals surface area contributed by atoms with E-state index in [-0.39, 0.29) is 5.91 Å². The lowest BCUT2D eigenvalue weighted by atomic mass is 9.91. The second kappa shape index (κ2) is 6.16. The number of halogens is 1. The van der Waals surface area contributed by atoms with Crippen LogP contribution in [0.4, 0.5) is 0 Å². The van der Waals surface area contributed by atoms with E-state index in [0.717, 1.165) is 38.5 Å². The van der Waals surface area contributed by atoms with E-state index in [9.17, 15) is 10.1 Å². The van der Waals surface area contributed by atoms with Crippen LogP contribution in [0.25, 0.3) is 0 Å². The van der Waals surface area contributed by atoms with Gasteiger partial charge >= 0.3 is 0 Å². The van der Waals surface area contributed by atoms with Crippen molar-refractivity contribution in [1.82, 2.24) is 10.3 Å². The third-order valence-electron chi connectivity index (χ3n) is 3.50. The van der Waals surface area contributed by atoms with E-state index in [1.165, 1.54) is 0 Å². The Morgan fingerprint density at radius 3 is 2.63 bits per heavy atom. The molecule has 1 aliphatic carbocycles. The fraction of sp³-hybridized carbons (Fsp3) is 0.500. The summed E-state index contributed by atoms with van der Waals surface area (Å²) in [5, 5.41) is 12.3. The first kappa shape index (κ1) is 14.0. The molecule has 1 fully saturated rings. The van der Waals surface area contributed by atoms with Gasteiger partial charge in [-0.1, -0.05) is 25.7 Å². The molecule has 1 N–H and O–H groups in total. The van der Waals surface area contributed by atoms with Crippen LogP contribution in [0, 0.1) is 11.3 Å². The van der Waals surface area contributed by atoms with Crippen molar-refractivity contribution >= 4 is 21.8 Å². The highest BCUT2D eigenvalue weighted by molar-refractivity contribution is 9.10. The second-order valence-electron chi connectivity index (χ2n) is 4.90. The zero-order valence-electron chi connectivity index (χ0n) is 10.7. The average molecular weight is 322 g/mol. The Hall–Kier alpha value is -1.41. The molecule has 1 aromatic heterocycles. The number of aromatic nitrogens is 1. The summed E-state index contributed by atoms with van der Waals surface area (Å²) in [4.78, 5) is 16.3. The van der Waals surface area contributed by atoms with Gasteiger partial charge in [0.15, 0.2) is 0 Å². The van der Waals surface area contributed by atoms with Crippen molar-refractivity contribution in [1.29, 1.82) is 5.26 Å². The highest BCUT2D eigenvalue weighted by Gasteiger charge is 2.33. The Morgan fingerprint density at radius 2 is 2.05 bits per heavy atom. The molecule has 2 rings (SSSR count). The molecule has 0 atom stereocenters. The predicted molar refractivity (Wildman–Crippen MR) is 75.4 cm³/mol. The number of rotatable bonds is 2. The molecule has 0 unspecified atom stereocenters. The maximum absolute atomic E-state index is 12.3. The van der Waals surface area contributed by atoms with Gasteiger partial charge in [-0.3, -0.25) is 4.79 Å². The smallest absolute Gasteiger partial charge is 0.272 e. The van der Waals surface area contributed by atoms with Gasteiger partial charge in [-0.2, -0.15) is 5.26 Å². The molecule has 4 nitrogen and oxygen atoms in total. The predicted octanol–water partition coefficient (Wildman–Crippen LogP) is 3.19. The molecular formula is C14H16BrN3O. The number of nitrogens with zero attached hydrogens (tertiary/aromatic N) is 2. The molecule has 0 aliphatic heterocycles. The number of carbonyl (C=O) groups is 1. The van der Waals surface area contributed by atoms with E-state index in [0.29, 0.717) is 10.2 Å². The summed E-state index contributed by atoms with van der Waals surface area (Å²) in [5.41, 5.74) is -0.397. The third kappa shape index (κ3) is 3.32. The summed E-state index contributed by atoms with van der Waals surface area (Å²) >= 11 is 3.31. The average Bonchev–Trinajstić information content (AvgIpc) is 2.65. The maximum atomic E-state index is 12.3. The minimum Gasteiger partial charge on any atom is -0.332 e. The first-order valence-corrected chi connectivity index (χ1v) is 7.30. The highest BCUT2D eigenvalue weighted by Crippen LogP contribution is 2.27. The number of pyridine rings is 1. The minimum atomic E-state index is -0.732. The van der Waals surface area contributed by atoms with Gasteiger partial charge in [0.05, 0.1) is 6.07 Å². The van der Waals surface area contributed by atoms with Crippen LogP contribution in [0.2, 0.25) is 0 Å². The van der Waals surface area contributed by atoms with Crippen molar-refractivity contribution < 1.29 is 4.79 Å². The van der Waals surface area contributed by atoms with Crippen molar-refractivity contribution in [2.45, 2.75) is 44.1 Å². The highest BCUT2D eigenvalue weighted by atomic mass is 79.9. The third-order valence-corrected chi connectivity index (χ3v) is 4.14. The van der Waals surface area contributed by atoms with Gasteiger partial charge in [-0.05, 0) is 40.9 Å². The topological polar surface area (TPSA) is 65.8 Å². The van der Waals surface area contributed by atoms with Crippen molar-refractivity contribution in [3.63, 3.8) is 0 Å². The van der Waals surface area contributed by atoms with Gasteiger partial charge in [0.1, 0.15) is 11.2 Å². The molecule has 0 bridgehead atoms. The van der Waals surface area contributed by atoms with Crippen LogP contribution in [0.3, 0.4) is 0 Å². The zero-order chi connectivity index (χ0) is 13.7. The lowest BCUT2D eigenvalue weighted by Gasteiger charge is -2.26. The molecule has 1 aliphatic rings. The van der Waals surface area contributed by atoms with Gasteiger partial charge in [-0.25, -0.2) is 4.98 Å². The van der Waals surface area contributed by atoms with Crippen molar-refractivity contribution in [2.24, 2.45) is 0 Å². The van der Waals surface area contributed by atoms with Crippen LogP contribution in [0.5, 0.6) is 0 Å². The molecule has 0 saturated heterocycles. The summed E-state index contributed by atoms with van der Waals surface area (Å²) in [7, 11) is 0. The molecule has 1 heterocycles. The quantitative estimate of drug-likeness (QED) is 0.851. The molecule has 1 amide bonds. The number of hydrogen-bond acceptors (Lipinski definition) is 3. The Labute approximate surface area is 121 Å². The monoisotopic (exact) mass is 321 g/mol. The fourth-order valence-corrected chi connectivity index (χ4v) is 2.86. The Morgan fingerprint density at radius 1 is 1.37 bits per heavy atom. The summed E-state index contributed by atoms with van der Waals surface area (Å²) in [6.45, 7) is 0. The molecule has 0 spiro atoms. The lowest BCUT2D eigenvalue weighted by molar-refractivity contribution is 0.0907. The zero-order valence-corrected chi connectivity index (χ0v) is 12.2. The standard InChI is InChI=1S/C14H16BrN3O/c15-11-6-5-9-17-12(11)13(19)18-14(10-16)7-3-1-2-4-8-14/h5-6,9H,1-4,7-8H2,(H,18,19). The van der Waals surface area contributed by atoms with E-state index in [1.54, 1.807) is 18.3 Å². The Balaban J connectivity index is 2.17. The van der Waals surface area contributed by atoms with E-state index in [1.807, 2.05) is 0 Å². The molecule has 0 aromatic carbocycles. The van der Waals surface area contributed by atoms with Crippen LogP contribution in [-0.4, -0.2) is 16.4 Å². The summed E-state index contributed by atoms with van der Waals surface area (Å²) in [6.07, 6.45) is 7.25. The van der Waals surface area contributed by atoms with Crippen LogP contribution in [0.1, 0.15) is 49.0 Å². The Bertz CT molecular complexity index is 502. The van der Waals surface area contributed by atoms with E-state index < -0.39 is 5.54 Å². The molecule has 19 heavy (non-hydrogen) atoms. The number of nitriles is 1. The van der Waals surface area contributed by atoms with Crippen LogP contribution in [-0.2, 0) is 0 Å². The number of hydrogen-bond donors (Lipinski definition) is 1. The number of nitrogens with one attached hydrogen (secondary N) is 1. The van der Waals surface area contributed by atoms with Crippen LogP contribution < -0.4 is 5.32 Å². The molecule has 1 aromatic rings. The van der Waals surface area contributed by atoms with E-state index >= 15 is 0 Å². The largest absolute Gasteiger partial charge is 0.332 e. The van der Waals surface area contributed by atoms with Crippen LogP contribution >= 0.6 is 15.9 Å². The number of amides is 1. The molecule has 5 heteroatoms. The fourth-order valence-electron chi connectivity index (χ4n) is 2.43. The van der Waals surface area contributed by atoms with Crippen molar-refractivity contribution in [3.8, 4) is 6.07 Å². The van der Waals surface area contributed by atoms with Crippen molar-refractivity contribution in [2.75, 3.05) is 0 Å². The normalized spacial score (nSPS) is 18.1. The SMILES string of the molecule is N#CC1(NC(=O)c2ncccc2Br)CCCCCC1. The van der Waals surface area contributed by atoms with E-state index in [4.69, 9.17) is 0 Å². The van der Waals surface area contributed by atoms with Crippen molar-refractivity contribution in [3.05, 3.63) is 28.5 Å². The number of carbonyl (C=O) groups excluding carboxylic acids is 1. The first-order chi connectivity index (χ1) is 9.17. The second-order valence-corrected chi connectivity index (χ2v) is 5.75. The molecule has 0 radical (unpaired) electrons. The van der Waals surface area contributed by atoms with E-state index in [2.05, 4.69) is 32.3 Å².